The van der Waals surface area contributed by atoms with E-state index in [1.807, 2.05) is 0 Å². The van der Waals surface area contributed by atoms with Crippen molar-refractivity contribution in [2.24, 2.45) is 0 Å². The molecule has 0 saturated carbocycles. The highest BCUT2D eigenvalue weighted by Gasteiger charge is 2.10. The molecule has 0 unspecified atom stereocenters. The minimum absolute atomic E-state index is 1.26. The fourth-order valence-corrected chi connectivity index (χ4v) is 2.78. The first-order chi connectivity index (χ1) is 9.58. The Morgan fingerprint density at radius 2 is 1.00 bits per heavy atom. The van der Waals surface area contributed by atoms with E-state index in [-0.39, 0.29) is 0 Å². The quantitative estimate of drug-likeness (QED) is 0.642. The van der Waals surface area contributed by atoms with E-state index < -0.39 is 0 Å². The third kappa shape index (κ3) is 1.97. The third-order valence-electron chi connectivity index (χ3n) is 3.80. The molecule has 0 atom stereocenters. The molecular weight excluding hydrogens is 244 g/mol. The highest BCUT2D eigenvalue weighted by Crippen LogP contribution is 2.35. The second-order valence-corrected chi connectivity index (χ2v) is 5.64. The monoisotopic (exact) mass is 264 g/mol. The topological polar surface area (TPSA) is 6.48 Å². The van der Waals surface area contributed by atoms with E-state index in [1.54, 1.807) is 0 Å². The van der Waals surface area contributed by atoms with Crippen LogP contribution in [-0.2, 0) is 0 Å². The smallest absolute Gasteiger partial charge is 0.0442 e. The average molecular weight is 264 g/mol. The van der Waals surface area contributed by atoms with Gasteiger partial charge in [0.15, 0.2) is 0 Å². The van der Waals surface area contributed by atoms with Crippen LogP contribution in [0.3, 0.4) is 0 Å². The van der Waals surface area contributed by atoms with Gasteiger partial charge < -0.3 is 9.80 Å². The first kappa shape index (κ1) is 12.8. The minimum Gasteiger partial charge on any atom is -0.377 e. The van der Waals surface area contributed by atoms with Crippen LogP contribution in [0.25, 0.3) is 21.5 Å². The van der Waals surface area contributed by atoms with Crippen LogP contribution in [-0.4, -0.2) is 28.2 Å². The van der Waals surface area contributed by atoms with E-state index in [0.717, 1.165) is 0 Å². The number of hydrogen-bond donors (Lipinski definition) is 0. The Labute approximate surface area is 120 Å². The summed E-state index contributed by atoms with van der Waals surface area (Å²) in [5, 5.41) is 5.19. The Morgan fingerprint density at radius 3 is 1.35 bits per heavy atom. The number of fused-ring (bicyclic) bond motifs is 2. The summed E-state index contributed by atoms with van der Waals surface area (Å²) in [7, 11) is 8.39. The molecule has 3 aromatic carbocycles. The maximum Gasteiger partial charge on any atom is 0.0442 e. The predicted molar refractivity (Wildman–Crippen MR) is 90.1 cm³/mol. The van der Waals surface area contributed by atoms with E-state index in [1.165, 1.54) is 32.9 Å². The normalized spacial score (nSPS) is 11.0. The van der Waals surface area contributed by atoms with Crippen LogP contribution in [0.4, 0.5) is 11.4 Å². The highest BCUT2D eigenvalue weighted by atomic mass is 15.1. The van der Waals surface area contributed by atoms with E-state index in [2.05, 4.69) is 86.5 Å². The summed E-state index contributed by atoms with van der Waals surface area (Å²) in [6.45, 7) is 0. The number of benzene rings is 3. The lowest BCUT2D eigenvalue weighted by Crippen LogP contribution is -2.12. The van der Waals surface area contributed by atoms with Crippen LogP contribution in [0.2, 0.25) is 0 Å². The van der Waals surface area contributed by atoms with Crippen LogP contribution in [0.5, 0.6) is 0 Å². The molecule has 102 valence electrons. The SMILES string of the molecule is CN(C)c1ccc(N(C)C)c2cc3ccccc3cc12. The largest absolute Gasteiger partial charge is 0.377 e. The van der Waals surface area contributed by atoms with Gasteiger partial charge >= 0.3 is 0 Å². The molecule has 2 nitrogen and oxygen atoms in total. The van der Waals surface area contributed by atoms with Gasteiger partial charge in [-0.1, -0.05) is 24.3 Å². The second-order valence-electron chi connectivity index (χ2n) is 5.64. The maximum absolute atomic E-state index is 2.30. The molecule has 0 aliphatic rings. The summed E-state index contributed by atoms with van der Waals surface area (Å²) in [5.41, 5.74) is 2.52. The molecule has 3 rings (SSSR count). The standard InChI is InChI=1S/C18H20N2/c1-19(2)17-9-10-18(20(3)4)16-12-14-8-6-5-7-13(14)11-15(16)17/h5-12H,1-4H3. The van der Waals surface area contributed by atoms with Crippen LogP contribution in [0.15, 0.2) is 48.5 Å². The average Bonchev–Trinajstić information content (AvgIpc) is 2.43. The summed E-state index contributed by atoms with van der Waals surface area (Å²) < 4.78 is 0. The Morgan fingerprint density at radius 1 is 0.600 bits per heavy atom. The Kier molecular flexibility index (Phi) is 3.01. The van der Waals surface area contributed by atoms with Crippen molar-refractivity contribution in [3.8, 4) is 0 Å². The van der Waals surface area contributed by atoms with Crippen molar-refractivity contribution in [3.63, 3.8) is 0 Å². The lowest BCUT2D eigenvalue weighted by Gasteiger charge is -2.21. The van der Waals surface area contributed by atoms with Crippen molar-refractivity contribution in [1.29, 1.82) is 0 Å². The Bertz CT molecular complexity index is 707. The molecule has 0 aromatic heterocycles. The van der Waals surface area contributed by atoms with Crippen molar-refractivity contribution in [3.05, 3.63) is 48.5 Å². The maximum atomic E-state index is 2.30. The van der Waals surface area contributed by atoms with Crippen LogP contribution in [0, 0.1) is 0 Å². The molecule has 0 heterocycles. The van der Waals surface area contributed by atoms with Gasteiger partial charge in [-0.2, -0.15) is 0 Å². The summed E-state index contributed by atoms with van der Waals surface area (Å²) in [6.07, 6.45) is 0. The second kappa shape index (κ2) is 4.71. The van der Waals surface area contributed by atoms with E-state index in [9.17, 15) is 0 Å². The molecule has 0 radical (unpaired) electrons. The zero-order chi connectivity index (χ0) is 14.3. The van der Waals surface area contributed by atoms with Gasteiger partial charge in [-0.3, -0.25) is 0 Å². The van der Waals surface area contributed by atoms with Crippen LogP contribution < -0.4 is 9.80 Å². The first-order valence-corrected chi connectivity index (χ1v) is 6.88. The first-order valence-electron chi connectivity index (χ1n) is 6.88. The molecule has 0 saturated heterocycles. The van der Waals surface area contributed by atoms with Gasteiger partial charge in [0.25, 0.3) is 0 Å². The third-order valence-corrected chi connectivity index (χ3v) is 3.80. The van der Waals surface area contributed by atoms with E-state index in [4.69, 9.17) is 0 Å². The van der Waals surface area contributed by atoms with Gasteiger partial charge in [-0.05, 0) is 35.0 Å². The van der Waals surface area contributed by atoms with Crippen molar-refractivity contribution in [1.82, 2.24) is 0 Å². The lowest BCUT2D eigenvalue weighted by molar-refractivity contribution is 1.13. The summed E-state index contributed by atoms with van der Waals surface area (Å²) in [6, 6.07) is 17.5. The van der Waals surface area contributed by atoms with Gasteiger partial charge in [0.2, 0.25) is 0 Å². The molecule has 0 aliphatic carbocycles. The summed E-state index contributed by atoms with van der Waals surface area (Å²) in [5.74, 6) is 0. The summed E-state index contributed by atoms with van der Waals surface area (Å²) in [4.78, 5) is 4.35. The predicted octanol–water partition coefficient (Wildman–Crippen LogP) is 4.13. The Hall–Kier alpha value is -2.22. The van der Waals surface area contributed by atoms with Gasteiger partial charge in [0, 0.05) is 50.3 Å². The van der Waals surface area contributed by atoms with Crippen molar-refractivity contribution >= 4 is 32.9 Å². The number of hydrogen-bond acceptors (Lipinski definition) is 2. The number of rotatable bonds is 2. The zero-order valence-corrected chi connectivity index (χ0v) is 12.5. The van der Waals surface area contributed by atoms with E-state index in [0.29, 0.717) is 0 Å². The van der Waals surface area contributed by atoms with Gasteiger partial charge in [0.1, 0.15) is 0 Å². The molecule has 0 amide bonds. The molecule has 0 N–H and O–H groups in total. The molecule has 0 bridgehead atoms. The molecular formula is C18H20N2. The lowest BCUT2D eigenvalue weighted by atomic mass is 10.0. The molecule has 0 aliphatic heterocycles. The van der Waals surface area contributed by atoms with Crippen molar-refractivity contribution < 1.29 is 0 Å². The number of anilines is 2. The molecule has 0 spiro atoms. The minimum atomic E-state index is 1.26. The highest BCUT2D eigenvalue weighted by molar-refractivity contribution is 6.09. The van der Waals surface area contributed by atoms with Gasteiger partial charge in [-0.25, -0.2) is 0 Å². The Balaban J connectivity index is 2.46. The number of nitrogens with zero attached hydrogens (tertiary/aromatic N) is 2. The van der Waals surface area contributed by atoms with Crippen LogP contribution in [0.1, 0.15) is 0 Å². The fraction of sp³-hybridized carbons (Fsp3) is 0.222. The van der Waals surface area contributed by atoms with Gasteiger partial charge in [-0.15, -0.1) is 0 Å². The molecule has 0 fully saturated rings. The molecule has 2 heteroatoms. The molecule has 20 heavy (non-hydrogen) atoms. The zero-order valence-electron chi connectivity index (χ0n) is 12.5. The van der Waals surface area contributed by atoms with Gasteiger partial charge in [0.05, 0.1) is 0 Å². The fourth-order valence-electron chi connectivity index (χ4n) is 2.78. The van der Waals surface area contributed by atoms with E-state index >= 15 is 0 Å². The molecule has 3 aromatic rings. The summed E-state index contributed by atoms with van der Waals surface area (Å²) >= 11 is 0. The van der Waals surface area contributed by atoms with Crippen molar-refractivity contribution in [2.45, 2.75) is 0 Å². The van der Waals surface area contributed by atoms with Crippen LogP contribution >= 0.6 is 0 Å². The van der Waals surface area contributed by atoms with Crippen molar-refractivity contribution in [2.75, 3.05) is 38.0 Å².